The Morgan fingerprint density at radius 3 is 2.50 bits per heavy atom. The fourth-order valence-corrected chi connectivity index (χ4v) is 5.26. The van der Waals surface area contributed by atoms with Gasteiger partial charge >= 0.3 is 0 Å². The quantitative estimate of drug-likeness (QED) is 0.269. The number of rotatable bonds is 10. The number of sulfonamides is 1. The van der Waals surface area contributed by atoms with Crippen molar-refractivity contribution in [2.24, 2.45) is 5.73 Å². The molecule has 1 saturated heterocycles. The predicted octanol–water partition coefficient (Wildman–Crippen LogP) is 0.964. The van der Waals surface area contributed by atoms with Crippen LogP contribution in [-0.2, 0) is 26.2 Å². The third-order valence-corrected chi connectivity index (χ3v) is 7.32. The number of hydrogen-bond donors (Lipinski definition) is 4. The lowest BCUT2D eigenvalue weighted by Gasteiger charge is -2.24. The van der Waals surface area contributed by atoms with Crippen molar-refractivity contribution in [1.29, 1.82) is 5.41 Å². The molecule has 1 aliphatic heterocycles. The predicted molar refractivity (Wildman–Crippen MR) is 133 cm³/mol. The van der Waals surface area contributed by atoms with Crippen LogP contribution in [0.5, 0.6) is 11.5 Å². The van der Waals surface area contributed by atoms with E-state index in [9.17, 15) is 18.0 Å². The molecular formula is C24H31N5O6S. The van der Waals surface area contributed by atoms with Crippen molar-refractivity contribution >= 4 is 27.7 Å². The van der Waals surface area contributed by atoms with E-state index in [1.165, 1.54) is 31.3 Å². The molecule has 1 fully saturated rings. The molecule has 194 valence electrons. The van der Waals surface area contributed by atoms with E-state index in [4.69, 9.17) is 20.6 Å². The first-order valence-electron chi connectivity index (χ1n) is 11.4. The van der Waals surface area contributed by atoms with E-state index in [1.54, 1.807) is 30.3 Å². The van der Waals surface area contributed by atoms with Gasteiger partial charge in [-0.05, 0) is 37.0 Å². The van der Waals surface area contributed by atoms with Crippen molar-refractivity contribution in [3.8, 4) is 11.5 Å². The molecule has 11 nitrogen and oxygen atoms in total. The van der Waals surface area contributed by atoms with Gasteiger partial charge in [0.25, 0.3) is 0 Å². The van der Waals surface area contributed by atoms with Crippen LogP contribution in [0.1, 0.15) is 30.4 Å². The maximum Gasteiger partial charge on any atom is 0.245 e. The smallest absolute Gasteiger partial charge is 0.245 e. The molecule has 2 aromatic carbocycles. The highest BCUT2D eigenvalue weighted by Gasteiger charge is 2.33. The summed E-state index contributed by atoms with van der Waals surface area (Å²) in [6.45, 7) is 0.399. The van der Waals surface area contributed by atoms with Gasteiger partial charge in [-0.1, -0.05) is 24.3 Å². The van der Waals surface area contributed by atoms with Crippen LogP contribution >= 0.6 is 0 Å². The summed E-state index contributed by atoms with van der Waals surface area (Å²) in [6, 6.07) is 10.3. The molecule has 1 heterocycles. The van der Waals surface area contributed by atoms with Gasteiger partial charge in [-0.25, -0.2) is 8.42 Å². The van der Waals surface area contributed by atoms with Gasteiger partial charge in [-0.15, -0.1) is 0 Å². The zero-order valence-corrected chi connectivity index (χ0v) is 21.1. The molecule has 0 aromatic heterocycles. The molecule has 0 bridgehead atoms. The minimum Gasteiger partial charge on any atom is -0.497 e. The highest BCUT2D eigenvalue weighted by Crippen LogP contribution is 2.28. The number of likely N-dealkylation sites (tertiary alicyclic amines) is 1. The van der Waals surface area contributed by atoms with Crippen molar-refractivity contribution in [1.82, 2.24) is 14.9 Å². The maximum atomic E-state index is 13.2. The van der Waals surface area contributed by atoms with Crippen LogP contribution in [0.2, 0.25) is 0 Å². The van der Waals surface area contributed by atoms with Gasteiger partial charge in [0.05, 0.1) is 20.8 Å². The lowest BCUT2D eigenvalue weighted by molar-refractivity contribution is -0.136. The van der Waals surface area contributed by atoms with Crippen molar-refractivity contribution in [3.63, 3.8) is 0 Å². The number of nitrogens with zero attached hydrogens (tertiary/aromatic N) is 1. The normalized spacial score (nSPS) is 16.2. The fraction of sp³-hybridized carbons (Fsp3) is 0.375. The number of nitrogens with one attached hydrogen (secondary N) is 3. The van der Waals surface area contributed by atoms with E-state index in [2.05, 4.69) is 10.0 Å². The first-order chi connectivity index (χ1) is 17.1. The van der Waals surface area contributed by atoms with Crippen LogP contribution in [-0.4, -0.2) is 64.3 Å². The largest absolute Gasteiger partial charge is 0.497 e. The monoisotopic (exact) mass is 517 g/mol. The molecule has 1 atom stereocenters. The summed E-state index contributed by atoms with van der Waals surface area (Å²) in [5.74, 6) is -0.411. The summed E-state index contributed by atoms with van der Waals surface area (Å²) in [5.41, 5.74) is 6.84. The van der Waals surface area contributed by atoms with Gasteiger partial charge in [0.15, 0.2) is 0 Å². The van der Waals surface area contributed by atoms with E-state index in [0.717, 1.165) is 5.56 Å². The second kappa shape index (κ2) is 11.9. The van der Waals surface area contributed by atoms with Crippen molar-refractivity contribution < 1.29 is 27.5 Å². The van der Waals surface area contributed by atoms with Crippen molar-refractivity contribution in [3.05, 3.63) is 53.6 Å². The number of carbonyl (C=O) groups is 2. The molecule has 3 rings (SSSR count). The first-order valence-corrected chi connectivity index (χ1v) is 12.9. The number of nitrogens with two attached hydrogens (primary N) is 1. The molecular weight excluding hydrogens is 486 g/mol. The Hall–Kier alpha value is -3.64. The van der Waals surface area contributed by atoms with Crippen molar-refractivity contribution in [2.45, 2.75) is 36.7 Å². The van der Waals surface area contributed by atoms with Crippen molar-refractivity contribution in [2.75, 3.05) is 27.3 Å². The van der Waals surface area contributed by atoms with Gasteiger partial charge in [0, 0.05) is 24.7 Å². The lowest BCUT2D eigenvalue weighted by atomic mass is 10.1. The Morgan fingerprint density at radius 2 is 1.86 bits per heavy atom. The minimum atomic E-state index is -4.12. The second-order valence-corrected chi connectivity index (χ2v) is 10.0. The Kier molecular flexibility index (Phi) is 8.88. The number of amides is 2. The Morgan fingerprint density at radius 1 is 1.14 bits per heavy atom. The molecule has 1 aliphatic rings. The van der Waals surface area contributed by atoms with Gasteiger partial charge in [0.1, 0.15) is 28.3 Å². The first kappa shape index (κ1) is 27.0. The van der Waals surface area contributed by atoms with Crippen LogP contribution in [0.25, 0.3) is 0 Å². The molecule has 0 saturated carbocycles. The van der Waals surface area contributed by atoms with Gasteiger partial charge in [-0.2, -0.15) is 4.72 Å². The summed E-state index contributed by atoms with van der Waals surface area (Å²) in [4.78, 5) is 27.0. The molecule has 36 heavy (non-hydrogen) atoms. The summed E-state index contributed by atoms with van der Waals surface area (Å²) < 4.78 is 39.1. The van der Waals surface area contributed by atoms with Crippen LogP contribution in [0.4, 0.5) is 0 Å². The zero-order chi connectivity index (χ0) is 26.3. The van der Waals surface area contributed by atoms with Crippen LogP contribution < -0.4 is 25.2 Å². The molecule has 1 unspecified atom stereocenters. The highest BCUT2D eigenvalue weighted by molar-refractivity contribution is 7.89. The van der Waals surface area contributed by atoms with Crippen LogP contribution in [0, 0.1) is 5.41 Å². The molecule has 0 radical (unpaired) electrons. The summed E-state index contributed by atoms with van der Waals surface area (Å²) in [7, 11) is -1.34. The summed E-state index contributed by atoms with van der Waals surface area (Å²) >= 11 is 0. The SMILES string of the molecule is COc1ccc(OC)c(S(=O)(=O)NC2CCCCN(CC(=O)NCc3ccc(C(=N)N)cc3)C2=O)c1. The van der Waals surface area contributed by atoms with E-state index in [1.807, 2.05) is 0 Å². The Balaban J connectivity index is 1.66. The van der Waals surface area contributed by atoms with E-state index < -0.39 is 22.0 Å². The third kappa shape index (κ3) is 6.73. The second-order valence-electron chi connectivity index (χ2n) is 8.33. The minimum absolute atomic E-state index is 0.0414. The summed E-state index contributed by atoms with van der Waals surface area (Å²) in [6.07, 6.45) is 1.58. The van der Waals surface area contributed by atoms with Crippen LogP contribution in [0.15, 0.2) is 47.4 Å². The highest BCUT2D eigenvalue weighted by atomic mass is 32.2. The molecule has 2 amide bonds. The average Bonchev–Trinajstić information content (AvgIpc) is 3.03. The molecule has 2 aromatic rings. The zero-order valence-electron chi connectivity index (χ0n) is 20.2. The maximum absolute atomic E-state index is 13.2. The number of methoxy groups -OCH3 is 2. The average molecular weight is 518 g/mol. The topological polar surface area (TPSA) is 164 Å². The molecule has 5 N–H and O–H groups in total. The number of nitrogen functional groups attached to an aromatic ring is 1. The fourth-order valence-electron chi connectivity index (χ4n) is 3.85. The number of ether oxygens (including phenoxy) is 2. The Bertz CT molecular complexity index is 1220. The molecule has 12 heteroatoms. The summed E-state index contributed by atoms with van der Waals surface area (Å²) in [5, 5.41) is 10.2. The number of hydrogen-bond acceptors (Lipinski definition) is 7. The lowest BCUT2D eigenvalue weighted by Crippen LogP contribution is -2.49. The van der Waals surface area contributed by atoms with Gasteiger partial charge in [0.2, 0.25) is 21.8 Å². The Labute approximate surface area is 210 Å². The standard InChI is InChI=1S/C24H31N5O6S/c1-34-18-10-11-20(35-2)21(13-18)36(32,33)28-19-5-3-4-12-29(24(19)31)15-22(30)27-14-16-6-8-17(9-7-16)23(25)26/h6-11,13,19,28H,3-5,12,14-15H2,1-2H3,(H3,25,26)(H,27,30). The van der Waals surface area contributed by atoms with E-state index in [-0.39, 0.29) is 35.5 Å². The molecule has 0 aliphatic carbocycles. The van der Waals surface area contributed by atoms with E-state index in [0.29, 0.717) is 37.1 Å². The van der Waals surface area contributed by atoms with Crippen LogP contribution in [0.3, 0.4) is 0 Å². The van der Waals surface area contributed by atoms with E-state index >= 15 is 0 Å². The van der Waals surface area contributed by atoms with Gasteiger partial charge in [-0.3, -0.25) is 15.0 Å². The number of carbonyl (C=O) groups excluding carboxylic acids is 2. The molecule has 0 spiro atoms. The third-order valence-electron chi connectivity index (χ3n) is 5.83. The van der Waals surface area contributed by atoms with Gasteiger partial charge < -0.3 is 25.4 Å². The number of amidine groups is 1. The number of benzene rings is 2.